The van der Waals surface area contributed by atoms with Crippen molar-refractivity contribution in [2.75, 3.05) is 11.1 Å². The number of amides is 1. The number of nitrogen functional groups attached to an aromatic ring is 2. The molecular formula is C25H28BrN5O2. The lowest BCUT2D eigenvalue weighted by molar-refractivity contribution is -0.120. The minimum Gasteiger partial charge on any atom is -0.505 e. The van der Waals surface area contributed by atoms with Crippen molar-refractivity contribution in [2.45, 2.75) is 32.9 Å². The number of rotatable bonds is 8. The van der Waals surface area contributed by atoms with Gasteiger partial charge in [-0.25, -0.2) is 0 Å². The number of anilines is 2. The third-order valence-electron chi connectivity index (χ3n) is 5.06. The molecule has 8 N–H and O–H groups in total. The monoisotopic (exact) mass is 509 g/mol. The van der Waals surface area contributed by atoms with E-state index in [9.17, 15) is 9.90 Å². The van der Waals surface area contributed by atoms with Crippen molar-refractivity contribution in [3.63, 3.8) is 0 Å². The molecule has 0 aliphatic rings. The van der Waals surface area contributed by atoms with Crippen LogP contribution in [0.2, 0.25) is 0 Å². The highest BCUT2D eigenvalue weighted by Gasteiger charge is 2.21. The summed E-state index contributed by atoms with van der Waals surface area (Å²) < 4.78 is 0.747. The lowest BCUT2D eigenvalue weighted by Crippen LogP contribution is -2.25. The largest absolute Gasteiger partial charge is 0.505 e. The molecule has 0 aliphatic carbocycles. The van der Waals surface area contributed by atoms with Gasteiger partial charge in [-0.1, -0.05) is 52.3 Å². The highest BCUT2D eigenvalue weighted by Crippen LogP contribution is 2.42. The van der Waals surface area contributed by atoms with E-state index in [0.29, 0.717) is 29.0 Å². The van der Waals surface area contributed by atoms with Crippen LogP contribution in [-0.2, 0) is 17.8 Å². The lowest BCUT2D eigenvalue weighted by Gasteiger charge is -2.20. The molecule has 0 fully saturated rings. The van der Waals surface area contributed by atoms with Crippen molar-refractivity contribution in [3.05, 3.63) is 75.8 Å². The molecule has 0 unspecified atom stereocenters. The van der Waals surface area contributed by atoms with Gasteiger partial charge in [0.1, 0.15) is 11.6 Å². The molecule has 0 saturated heterocycles. The van der Waals surface area contributed by atoms with Crippen LogP contribution in [0, 0.1) is 5.41 Å². The highest BCUT2D eigenvalue weighted by molar-refractivity contribution is 9.10. The number of aromatic hydroxyl groups is 1. The summed E-state index contributed by atoms with van der Waals surface area (Å²) in [6, 6.07) is 16.4. The van der Waals surface area contributed by atoms with Crippen molar-refractivity contribution in [1.82, 2.24) is 5.32 Å². The predicted molar refractivity (Wildman–Crippen MR) is 137 cm³/mol. The Morgan fingerprint density at radius 3 is 2.45 bits per heavy atom. The fraction of sp³-hybridized carbons (Fsp3) is 0.200. The summed E-state index contributed by atoms with van der Waals surface area (Å²) in [6.45, 7) is 4.27. The van der Waals surface area contributed by atoms with Gasteiger partial charge in [-0.2, -0.15) is 0 Å². The van der Waals surface area contributed by atoms with E-state index < -0.39 is 0 Å². The normalized spacial score (nSPS) is 10.8. The summed E-state index contributed by atoms with van der Waals surface area (Å²) in [5.41, 5.74) is 16.1. The Labute approximate surface area is 201 Å². The number of carbonyl (C=O) groups is 1. The zero-order chi connectivity index (χ0) is 24.1. The number of hydrogen-bond donors (Lipinski definition) is 6. The van der Waals surface area contributed by atoms with Gasteiger partial charge in [0.2, 0.25) is 5.91 Å². The van der Waals surface area contributed by atoms with Crippen LogP contribution < -0.4 is 22.1 Å². The third-order valence-corrected chi connectivity index (χ3v) is 5.69. The van der Waals surface area contributed by atoms with Crippen molar-refractivity contribution >= 4 is 39.0 Å². The molecule has 33 heavy (non-hydrogen) atoms. The molecule has 0 aromatic heterocycles. The fourth-order valence-electron chi connectivity index (χ4n) is 3.52. The zero-order valence-corrected chi connectivity index (χ0v) is 20.2. The number of halogens is 1. The molecule has 0 spiro atoms. The van der Waals surface area contributed by atoms with Crippen LogP contribution >= 0.6 is 15.9 Å². The molecule has 0 saturated carbocycles. The quantitative estimate of drug-likeness (QED) is 0.116. The number of hydrogen-bond acceptors (Lipinski definition) is 5. The Hall–Kier alpha value is -3.52. The SMILES string of the molecule is CC(C)Nc1cc(Br)c(-c2cccc(N)c2)c(CC(=O)NCc2ccc(C(=N)N)cc2)c1O. The Morgan fingerprint density at radius 1 is 1.15 bits per heavy atom. The average molecular weight is 510 g/mol. The number of phenols is 1. The number of amidine groups is 1. The lowest BCUT2D eigenvalue weighted by atomic mass is 9.95. The minimum atomic E-state index is -0.236. The Balaban J connectivity index is 1.89. The molecule has 0 aliphatic heterocycles. The van der Waals surface area contributed by atoms with Gasteiger partial charge in [-0.15, -0.1) is 0 Å². The number of nitrogens with one attached hydrogen (secondary N) is 3. The molecule has 3 aromatic carbocycles. The van der Waals surface area contributed by atoms with E-state index in [0.717, 1.165) is 21.2 Å². The van der Waals surface area contributed by atoms with E-state index in [2.05, 4.69) is 26.6 Å². The van der Waals surface area contributed by atoms with Crippen molar-refractivity contribution in [3.8, 4) is 16.9 Å². The molecule has 0 heterocycles. The molecule has 1 amide bonds. The summed E-state index contributed by atoms with van der Waals surface area (Å²) in [5.74, 6) is -0.208. The molecule has 0 bridgehead atoms. The van der Waals surface area contributed by atoms with Crippen LogP contribution in [0.1, 0.15) is 30.5 Å². The first kappa shape index (κ1) is 24.1. The first-order valence-electron chi connectivity index (χ1n) is 10.5. The van der Waals surface area contributed by atoms with Crippen LogP contribution in [0.5, 0.6) is 5.75 Å². The molecule has 0 atom stereocenters. The van der Waals surface area contributed by atoms with Gasteiger partial charge >= 0.3 is 0 Å². The van der Waals surface area contributed by atoms with Crippen LogP contribution in [0.4, 0.5) is 11.4 Å². The fourth-order valence-corrected chi connectivity index (χ4v) is 4.21. The minimum absolute atomic E-state index is 0.00407. The van der Waals surface area contributed by atoms with Crippen LogP contribution in [0.3, 0.4) is 0 Å². The van der Waals surface area contributed by atoms with Crippen molar-refractivity contribution < 1.29 is 9.90 Å². The maximum absolute atomic E-state index is 12.9. The second-order valence-corrected chi connectivity index (χ2v) is 8.95. The van der Waals surface area contributed by atoms with Gasteiger partial charge in [0.15, 0.2) is 0 Å². The van der Waals surface area contributed by atoms with E-state index in [4.69, 9.17) is 16.9 Å². The topological polar surface area (TPSA) is 137 Å². The van der Waals surface area contributed by atoms with Gasteiger partial charge in [-0.05, 0) is 43.2 Å². The van der Waals surface area contributed by atoms with Crippen molar-refractivity contribution in [1.29, 1.82) is 5.41 Å². The van der Waals surface area contributed by atoms with Crippen LogP contribution in [0.15, 0.2) is 59.1 Å². The Morgan fingerprint density at radius 2 is 1.85 bits per heavy atom. The summed E-state index contributed by atoms with van der Waals surface area (Å²) in [6.07, 6.45) is -0.0201. The smallest absolute Gasteiger partial charge is 0.224 e. The van der Waals surface area contributed by atoms with Crippen molar-refractivity contribution in [2.24, 2.45) is 5.73 Å². The van der Waals surface area contributed by atoms with Gasteiger partial charge < -0.3 is 27.2 Å². The molecule has 0 radical (unpaired) electrons. The number of phenolic OH excluding ortho intramolecular Hbond substituents is 1. The van der Waals surface area contributed by atoms with E-state index >= 15 is 0 Å². The van der Waals surface area contributed by atoms with E-state index in [1.54, 1.807) is 18.2 Å². The zero-order valence-electron chi connectivity index (χ0n) is 18.6. The summed E-state index contributed by atoms with van der Waals surface area (Å²) in [7, 11) is 0. The molecule has 3 aromatic rings. The van der Waals surface area contributed by atoms with E-state index in [1.807, 2.05) is 50.2 Å². The van der Waals surface area contributed by atoms with E-state index in [-0.39, 0.29) is 30.0 Å². The first-order valence-corrected chi connectivity index (χ1v) is 11.3. The Bertz CT molecular complexity index is 1180. The highest BCUT2D eigenvalue weighted by atomic mass is 79.9. The van der Waals surface area contributed by atoms with Gasteiger partial charge in [0.05, 0.1) is 12.1 Å². The van der Waals surface area contributed by atoms with E-state index in [1.165, 1.54) is 0 Å². The molecular weight excluding hydrogens is 482 g/mol. The van der Waals surface area contributed by atoms with Crippen LogP contribution in [0.25, 0.3) is 11.1 Å². The average Bonchev–Trinajstić information content (AvgIpc) is 2.75. The van der Waals surface area contributed by atoms with Gasteiger partial charge in [-0.3, -0.25) is 10.2 Å². The first-order chi connectivity index (χ1) is 15.7. The standard InChI is InChI=1S/C25H28BrN5O2/c1-14(2)31-21-12-20(26)23(17-4-3-5-18(27)10-17)19(24(21)33)11-22(32)30-13-15-6-8-16(9-7-15)25(28)29/h3-10,12,14,31,33H,11,13,27H2,1-2H3,(H3,28,29)(H,30,32). The molecule has 8 heteroatoms. The number of carbonyl (C=O) groups excluding carboxylic acids is 1. The van der Waals surface area contributed by atoms with Crippen LogP contribution in [-0.4, -0.2) is 22.9 Å². The second-order valence-electron chi connectivity index (χ2n) is 8.10. The predicted octanol–water partition coefficient (Wildman–Crippen LogP) is 4.37. The van der Waals surface area contributed by atoms with Gasteiger partial charge in [0.25, 0.3) is 0 Å². The maximum atomic E-state index is 12.9. The molecule has 3 rings (SSSR count). The molecule has 172 valence electrons. The Kier molecular flexibility index (Phi) is 7.60. The number of nitrogens with two attached hydrogens (primary N) is 2. The van der Waals surface area contributed by atoms with Gasteiger partial charge in [0, 0.05) is 39.4 Å². The second kappa shape index (κ2) is 10.4. The summed E-state index contributed by atoms with van der Waals surface area (Å²) in [4.78, 5) is 12.9. The number of benzene rings is 3. The third kappa shape index (κ3) is 6.04. The molecule has 7 nitrogen and oxygen atoms in total. The maximum Gasteiger partial charge on any atom is 0.224 e. The summed E-state index contributed by atoms with van der Waals surface area (Å²) >= 11 is 3.62. The summed E-state index contributed by atoms with van der Waals surface area (Å²) in [5, 5.41) is 24.7.